The van der Waals surface area contributed by atoms with Crippen LogP contribution in [0.2, 0.25) is 0 Å². The maximum absolute atomic E-state index is 14.1. The molecule has 0 aliphatic carbocycles. The van der Waals surface area contributed by atoms with E-state index >= 15 is 0 Å². The Morgan fingerprint density at radius 2 is 1.02 bits per heavy atom. The van der Waals surface area contributed by atoms with Gasteiger partial charge in [0.25, 0.3) is 0 Å². The van der Waals surface area contributed by atoms with Crippen LogP contribution in [0.25, 0.3) is 0 Å². The number of carbonyl (C=O) groups excluding carboxylic acids is 8. The van der Waals surface area contributed by atoms with Crippen LogP contribution in [0.3, 0.4) is 0 Å². The number of amides is 7. The van der Waals surface area contributed by atoms with E-state index in [-0.39, 0.29) is 56.1 Å². The molecule has 0 fully saturated rings. The number of ketones is 1. The van der Waals surface area contributed by atoms with Crippen molar-refractivity contribution in [1.29, 1.82) is 0 Å². The summed E-state index contributed by atoms with van der Waals surface area (Å²) >= 11 is 0. The van der Waals surface area contributed by atoms with Gasteiger partial charge >= 0.3 is 0 Å². The van der Waals surface area contributed by atoms with Gasteiger partial charge in [0.15, 0.2) is 0 Å². The van der Waals surface area contributed by atoms with Crippen LogP contribution in [-0.2, 0) is 51.2 Å². The van der Waals surface area contributed by atoms with Crippen LogP contribution >= 0.6 is 0 Å². The van der Waals surface area contributed by atoms with Gasteiger partial charge < -0.3 is 43.4 Å². The van der Waals surface area contributed by atoms with E-state index in [1.165, 1.54) is 6.92 Å². The first-order chi connectivity index (χ1) is 28.8. The van der Waals surface area contributed by atoms with Gasteiger partial charge in [0.2, 0.25) is 41.4 Å². The van der Waals surface area contributed by atoms with Crippen LogP contribution in [0.5, 0.6) is 0 Å². The second kappa shape index (κ2) is 26.5. The summed E-state index contributed by atoms with van der Waals surface area (Å²) in [5.41, 5.74) is 11.1. The van der Waals surface area contributed by atoms with Crippen LogP contribution in [-0.4, -0.2) is 89.9 Å². The molecule has 7 amide bonds. The number of carbonyl (C=O) groups is 8. The second-order valence-electron chi connectivity index (χ2n) is 16.6. The van der Waals surface area contributed by atoms with Gasteiger partial charge in [-0.25, -0.2) is 0 Å². The zero-order valence-electron chi connectivity index (χ0n) is 36.9. The van der Waals surface area contributed by atoms with Crippen molar-refractivity contribution in [2.75, 3.05) is 6.54 Å². The second-order valence-corrected chi connectivity index (χ2v) is 16.6. The van der Waals surface area contributed by atoms with Crippen LogP contribution < -0.4 is 43.4 Å². The molecule has 6 atom stereocenters. The van der Waals surface area contributed by atoms with E-state index < -0.39 is 83.5 Å². The summed E-state index contributed by atoms with van der Waals surface area (Å²) in [5.74, 6) is -5.34. The first kappa shape index (κ1) is 51.5. The molecule has 61 heavy (non-hydrogen) atoms. The standard InChI is InChI=1S/C45H68N8O8/c1-27(2)24-36(51-41(57)33(20-14-15-23-46)49-42(58)34(48-30(7)54)21-22-38(55)28(3)4)44(60)53-39(29(5)6)45(61)52-37(26-32-18-12-9-13-19-32)43(59)50-35(40(47)56)25-31-16-10-8-11-17-31/h8-13,16-19,27-29,33-37,39H,14-15,20-26,46H2,1-7H3,(H2,47,56)(H,48,54)(H,49,58)(H,50,59)(H,51,57)(H,52,61)(H,53,60)/p+1. The third kappa shape index (κ3) is 19.1. The molecule has 0 saturated carbocycles. The highest BCUT2D eigenvalue weighted by Crippen LogP contribution is 2.13. The Balaban J connectivity index is 2.33. The van der Waals surface area contributed by atoms with Crippen molar-refractivity contribution in [3.63, 3.8) is 0 Å². The van der Waals surface area contributed by atoms with Crippen LogP contribution in [0.15, 0.2) is 60.7 Å². The summed E-state index contributed by atoms with van der Waals surface area (Å²) in [5, 5.41) is 16.4. The van der Waals surface area contributed by atoms with Crippen molar-refractivity contribution < 1.29 is 44.1 Å². The molecule has 2 aromatic rings. The fraction of sp³-hybridized carbons (Fsp3) is 0.556. The average Bonchev–Trinajstić information content (AvgIpc) is 3.20. The number of Topliss-reactive ketones (excluding diaryl/α,β-unsaturated/α-hetero) is 1. The summed E-state index contributed by atoms with van der Waals surface area (Å²) in [4.78, 5) is 106. The van der Waals surface area contributed by atoms with E-state index in [1.807, 2.05) is 26.0 Å². The molecule has 2 rings (SSSR count). The number of quaternary nitrogens is 1. The van der Waals surface area contributed by atoms with Gasteiger partial charge in [-0.3, -0.25) is 38.4 Å². The number of primary amides is 1. The predicted molar refractivity (Wildman–Crippen MR) is 232 cm³/mol. The molecule has 0 radical (unpaired) electrons. The minimum atomic E-state index is -1.16. The molecule has 6 unspecified atom stereocenters. The fourth-order valence-corrected chi connectivity index (χ4v) is 6.59. The van der Waals surface area contributed by atoms with E-state index in [2.05, 4.69) is 37.6 Å². The van der Waals surface area contributed by atoms with Crippen molar-refractivity contribution in [1.82, 2.24) is 31.9 Å². The number of rotatable bonds is 27. The lowest BCUT2D eigenvalue weighted by atomic mass is 9.98. The van der Waals surface area contributed by atoms with Gasteiger partial charge in [0.1, 0.15) is 42.0 Å². The largest absolute Gasteiger partial charge is 0.368 e. The monoisotopic (exact) mass is 850 g/mol. The summed E-state index contributed by atoms with van der Waals surface area (Å²) in [6.45, 7) is 12.5. The first-order valence-electron chi connectivity index (χ1n) is 21.3. The van der Waals surface area contributed by atoms with Crippen molar-refractivity contribution in [2.45, 2.75) is 136 Å². The Morgan fingerprint density at radius 1 is 0.557 bits per heavy atom. The third-order valence-corrected chi connectivity index (χ3v) is 10.1. The Labute approximate surface area is 360 Å². The SMILES string of the molecule is CC(=O)NC(CCC(=O)C(C)C)C(=O)NC(CCCC[NH3+])C(=O)NC(CC(C)C)C(=O)NC(C(=O)NC(Cc1ccccc1)C(=O)NC(Cc1ccccc1)C(N)=O)C(C)C. The van der Waals surface area contributed by atoms with Crippen LogP contribution in [0.1, 0.15) is 98.1 Å². The van der Waals surface area contributed by atoms with E-state index in [9.17, 15) is 38.4 Å². The number of hydrogen-bond acceptors (Lipinski definition) is 8. The lowest BCUT2D eigenvalue weighted by molar-refractivity contribution is -0.368. The van der Waals surface area contributed by atoms with E-state index in [0.29, 0.717) is 19.4 Å². The summed E-state index contributed by atoms with van der Waals surface area (Å²) in [6, 6.07) is 11.4. The molecule has 0 aliphatic rings. The quantitative estimate of drug-likeness (QED) is 0.0600. The van der Waals surface area contributed by atoms with E-state index in [0.717, 1.165) is 11.1 Å². The Morgan fingerprint density at radius 3 is 1.49 bits per heavy atom. The maximum atomic E-state index is 14.1. The summed E-state index contributed by atoms with van der Waals surface area (Å²) in [6.07, 6.45) is 1.89. The normalized spacial score (nSPS) is 14.1. The highest BCUT2D eigenvalue weighted by Gasteiger charge is 2.34. The van der Waals surface area contributed by atoms with Gasteiger partial charge in [0, 0.05) is 32.1 Å². The molecule has 16 heteroatoms. The van der Waals surface area contributed by atoms with E-state index in [4.69, 9.17) is 5.73 Å². The van der Waals surface area contributed by atoms with Crippen LogP contribution in [0.4, 0.5) is 0 Å². The zero-order chi connectivity index (χ0) is 45.6. The molecule has 336 valence electrons. The number of benzene rings is 2. The molecule has 0 aromatic heterocycles. The summed E-state index contributed by atoms with van der Waals surface area (Å²) in [7, 11) is 0. The molecule has 0 aliphatic heterocycles. The van der Waals surface area contributed by atoms with Gasteiger partial charge in [0.05, 0.1) is 6.54 Å². The van der Waals surface area contributed by atoms with Gasteiger partial charge in [-0.05, 0) is 55.1 Å². The fourth-order valence-electron chi connectivity index (χ4n) is 6.59. The number of hydrogen-bond donors (Lipinski definition) is 8. The molecule has 0 heterocycles. The van der Waals surface area contributed by atoms with Crippen molar-refractivity contribution in [3.8, 4) is 0 Å². The minimum absolute atomic E-state index is 0.0416. The minimum Gasteiger partial charge on any atom is -0.368 e. The maximum Gasteiger partial charge on any atom is 0.243 e. The van der Waals surface area contributed by atoms with Gasteiger partial charge in [-0.1, -0.05) is 102 Å². The van der Waals surface area contributed by atoms with Crippen LogP contribution in [0, 0.1) is 17.8 Å². The molecule has 2 aromatic carbocycles. The molecule has 0 bridgehead atoms. The van der Waals surface area contributed by atoms with E-state index in [1.54, 1.807) is 76.2 Å². The molecule has 0 saturated heterocycles. The van der Waals surface area contributed by atoms with Crippen molar-refractivity contribution in [2.24, 2.45) is 23.5 Å². The highest BCUT2D eigenvalue weighted by molar-refractivity contribution is 5.97. The zero-order valence-corrected chi connectivity index (χ0v) is 36.9. The average molecular weight is 850 g/mol. The number of nitrogens with two attached hydrogens (primary N) is 1. The Bertz CT molecular complexity index is 1750. The van der Waals surface area contributed by atoms with Gasteiger partial charge in [-0.15, -0.1) is 0 Å². The molecule has 16 nitrogen and oxygen atoms in total. The van der Waals surface area contributed by atoms with Gasteiger partial charge in [-0.2, -0.15) is 0 Å². The Hall–Kier alpha value is -5.64. The van der Waals surface area contributed by atoms with Crippen molar-refractivity contribution >= 4 is 47.1 Å². The predicted octanol–water partition coefficient (Wildman–Crippen LogP) is 1.01. The smallest absolute Gasteiger partial charge is 0.243 e. The topological polar surface area (TPSA) is 262 Å². The van der Waals surface area contributed by atoms with Crippen molar-refractivity contribution in [3.05, 3.63) is 71.8 Å². The Kier molecular flexibility index (Phi) is 22.4. The lowest BCUT2D eigenvalue weighted by Gasteiger charge is -2.29. The molecule has 0 spiro atoms. The number of unbranched alkanes of at least 4 members (excludes halogenated alkanes) is 1. The number of nitrogens with one attached hydrogen (secondary N) is 6. The first-order valence-corrected chi connectivity index (χ1v) is 21.3. The summed E-state index contributed by atoms with van der Waals surface area (Å²) < 4.78 is 0. The lowest BCUT2D eigenvalue weighted by Crippen LogP contribution is -2.61. The highest BCUT2D eigenvalue weighted by atomic mass is 16.2. The molecule has 11 N–H and O–H groups in total. The molecular formula is C45H69N8O8+. The third-order valence-electron chi connectivity index (χ3n) is 10.1. The molecular weight excluding hydrogens is 781 g/mol.